The number of aryl methyl sites for hydroxylation is 1. The van der Waals surface area contributed by atoms with E-state index in [-0.39, 0.29) is 12.3 Å². The van der Waals surface area contributed by atoms with E-state index in [1.54, 1.807) is 25.3 Å². The van der Waals surface area contributed by atoms with Gasteiger partial charge < -0.3 is 9.64 Å². The lowest BCUT2D eigenvalue weighted by Gasteiger charge is -2.35. The third kappa shape index (κ3) is 4.15. The largest absolute Gasteiger partial charge is 0.497 e. The maximum atomic E-state index is 12.9. The van der Waals surface area contributed by atoms with Crippen molar-refractivity contribution in [3.63, 3.8) is 0 Å². The quantitative estimate of drug-likeness (QED) is 0.633. The van der Waals surface area contributed by atoms with Crippen LogP contribution in [0.5, 0.6) is 5.75 Å². The molecule has 2 aromatic carbocycles. The van der Waals surface area contributed by atoms with Crippen LogP contribution in [0.25, 0.3) is 0 Å². The third-order valence-electron chi connectivity index (χ3n) is 5.77. The molecule has 2 heterocycles. The molecule has 164 valence electrons. The van der Waals surface area contributed by atoms with Crippen molar-refractivity contribution in [3.05, 3.63) is 59.2 Å². The van der Waals surface area contributed by atoms with Gasteiger partial charge in [-0.1, -0.05) is 11.6 Å². The molecule has 0 radical (unpaired) electrons. The summed E-state index contributed by atoms with van der Waals surface area (Å²) in [5.74, 6) is -0.365. The first-order valence-corrected chi connectivity index (χ1v) is 11.7. The van der Waals surface area contributed by atoms with Crippen molar-refractivity contribution in [2.45, 2.75) is 6.92 Å². The van der Waals surface area contributed by atoms with E-state index in [0.29, 0.717) is 37.3 Å². The molecular weight excluding hydrogens is 418 g/mol. The van der Waals surface area contributed by atoms with Gasteiger partial charge in [0, 0.05) is 38.4 Å². The molecule has 8 nitrogen and oxygen atoms in total. The smallest absolute Gasteiger partial charge is 0.261 e. The van der Waals surface area contributed by atoms with E-state index in [2.05, 4.69) is 4.90 Å². The number of nitrogens with zero attached hydrogens (tertiary/aromatic N) is 3. The number of carbonyl (C=O) groups is 2. The first-order valence-electron chi connectivity index (χ1n) is 10.1. The van der Waals surface area contributed by atoms with E-state index in [4.69, 9.17) is 4.74 Å². The fourth-order valence-corrected chi connectivity index (χ4v) is 5.35. The van der Waals surface area contributed by atoms with Gasteiger partial charge in [0.15, 0.2) is 0 Å². The Morgan fingerprint density at radius 1 is 0.903 bits per heavy atom. The van der Waals surface area contributed by atoms with Crippen molar-refractivity contribution in [1.82, 2.24) is 9.21 Å². The summed E-state index contributed by atoms with van der Waals surface area (Å²) in [5.41, 5.74) is 2.57. The first kappa shape index (κ1) is 21.3. The van der Waals surface area contributed by atoms with Gasteiger partial charge >= 0.3 is 0 Å². The molecule has 1 saturated heterocycles. The predicted octanol–water partition coefficient (Wildman–Crippen LogP) is 1.75. The summed E-state index contributed by atoms with van der Waals surface area (Å²) in [6, 6.07) is 12.7. The van der Waals surface area contributed by atoms with Crippen LogP contribution in [0.3, 0.4) is 0 Å². The number of anilines is 1. The monoisotopic (exact) mass is 443 g/mol. The standard InChI is InChI=1S/C22H25N3O5S/c1-16-3-8-19-20(15-16)22(27)25(21(19)26)13-14-31(28,29)24-11-9-23(10-12-24)17-4-6-18(30-2)7-5-17/h3-8,15H,9-14H2,1-2H3. The van der Waals surface area contributed by atoms with Gasteiger partial charge in [-0.05, 0) is 43.3 Å². The molecule has 4 rings (SSSR count). The molecule has 0 bridgehead atoms. The summed E-state index contributed by atoms with van der Waals surface area (Å²) in [7, 11) is -1.98. The van der Waals surface area contributed by atoms with Gasteiger partial charge in [0.25, 0.3) is 11.8 Å². The Morgan fingerprint density at radius 2 is 1.55 bits per heavy atom. The number of fused-ring (bicyclic) bond motifs is 1. The average Bonchev–Trinajstić information content (AvgIpc) is 3.01. The lowest BCUT2D eigenvalue weighted by molar-refractivity contribution is 0.0663. The fourth-order valence-electron chi connectivity index (χ4n) is 3.96. The van der Waals surface area contributed by atoms with Crippen LogP contribution in [0, 0.1) is 6.92 Å². The SMILES string of the molecule is COc1ccc(N2CCN(S(=O)(=O)CCN3C(=O)c4ccc(C)cc4C3=O)CC2)cc1. The molecule has 2 aliphatic heterocycles. The number of amides is 2. The highest BCUT2D eigenvalue weighted by Gasteiger charge is 2.37. The van der Waals surface area contributed by atoms with Crippen molar-refractivity contribution in [3.8, 4) is 5.75 Å². The molecule has 0 spiro atoms. The highest BCUT2D eigenvalue weighted by molar-refractivity contribution is 7.89. The number of hydrogen-bond acceptors (Lipinski definition) is 6. The molecule has 0 unspecified atom stereocenters. The van der Waals surface area contributed by atoms with E-state index >= 15 is 0 Å². The van der Waals surface area contributed by atoms with Crippen molar-refractivity contribution >= 4 is 27.5 Å². The first-order chi connectivity index (χ1) is 14.8. The second-order valence-electron chi connectivity index (χ2n) is 7.71. The Morgan fingerprint density at radius 3 is 2.19 bits per heavy atom. The minimum absolute atomic E-state index is 0.146. The number of methoxy groups -OCH3 is 1. The molecule has 2 aliphatic rings. The minimum Gasteiger partial charge on any atom is -0.497 e. The van der Waals surface area contributed by atoms with Crippen LogP contribution < -0.4 is 9.64 Å². The maximum Gasteiger partial charge on any atom is 0.261 e. The van der Waals surface area contributed by atoms with Crippen LogP contribution in [0.2, 0.25) is 0 Å². The number of carbonyl (C=O) groups excluding carboxylic acids is 2. The molecular formula is C22H25N3O5S. The van der Waals surface area contributed by atoms with Crippen molar-refractivity contribution in [1.29, 1.82) is 0 Å². The number of hydrogen-bond donors (Lipinski definition) is 0. The number of ether oxygens (including phenoxy) is 1. The number of piperazine rings is 1. The molecule has 2 amide bonds. The summed E-state index contributed by atoms with van der Waals surface area (Å²) in [6.07, 6.45) is 0. The van der Waals surface area contributed by atoms with E-state index in [0.717, 1.165) is 21.9 Å². The molecule has 0 atom stereocenters. The maximum absolute atomic E-state index is 12.9. The van der Waals surface area contributed by atoms with E-state index in [9.17, 15) is 18.0 Å². The Kier molecular flexibility index (Phi) is 5.72. The second-order valence-corrected chi connectivity index (χ2v) is 9.80. The van der Waals surface area contributed by atoms with Crippen molar-refractivity contribution < 1.29 is 22.7 Å². The number of sulfonamides is 1. The number of imide groups is 1. The molecule has 31 heavy (non-hydrogen) atoms. The Balaban J connectivity index is 1.36. The lowest BCUT2D eigenvalue weighted by atomic mass is 10.1. The van der Waals surface area contributed by atoms with Gasteiger partial charge in [-0.15, -0.1) is 0 Å². The van der Waals surface area contributed by atoms with Gasteiger partial charge in [0.1, 0.15) is 5.75 Å². The summed E-state index contributed by atoms with van der Waals surface area (Å²) in [4.78, 5) is 28.3. The Hall–Kier alpha value is -2.91. The molecule has 1 fully saturated rings. The van der Waals surface area contributed by atoms with E-state index in [1.165, 1.54) is 4.31 Å². The van der Waals surface area contributed by atoms with Crippen LogP contribution in [-0.2, 0) is 10.0 Å². The highest BCUT2D eigenvalue weighted by Crippen LogP contribution is 2.25. The van der Waals surface area contributed by atoms with Crippen LogP contribution in [0.15, 0.2) is 42.5 Å². The molecule has 0 N–H and O–H groups in total. The zero-order valence-corrected chi connectivity index (χ0v) is 18.4. The Bertz CT molecular complexity index is 1110. The van der Waals surface area contributed by atoms with E-state index < -0.39 is 21.8 Å². The van der Waals surface area contributed by atoms with Gasteiger partial charge in [-0.25, -0.2) is 8.42 Å². The summed E-state index contributed by atoms with van der Waals surface area (Å²) >= 11 is 0. The van der Waals surface area contributed by atoms with Crippen LogP contribution in [0.4, 0.5) is 5.69 Å². The normalized spacial score (nSPS) is 17.2. The highest BCUT2D eigenvalue weighted by atomic mass is 32.2. The van der Waals surface area contributed by atoms with Crippen LogP contribution >= 0.6 is 0 Å². The molecule has 9 heteroatoms. The number of benzene rings is 2. The van der Waals surface area contributed by atoms with Crippen LogP contribution in [0.1, 0.15) is 26.3 Å². The van der Waals surface area contributed by atoms with Gasteiger partial charge in [-0.3, -0.25) is 14.5 Å². The topological polar surface area (TPSA) is 87.2 Å². The number of rotatable bonds is 6. The predicted molar refractivity (Wildman–Crippen MR) is 117 cm³/mol. The summed E-state index contributed by atoms with van der Waals surface area (Å²) in [5, 5.41) is 0. The van der Waals surface area contributed by atoms with Crippen molar-refractivity contribution in [2.24, 2.45) is 0 Å². The van der Waals surface area contributed by atoms with Crippen molar-refractivity contribution in [2.75, 3.05) is 50.5 Å². The lowest BCUT2D eigenvalue weighted by Crippen LogP contribution is -2.50. The third-order valence-corrected chi connectivity index (χ3v) is 7.62. The fraction of sp³-hybridized carbons (Fsp3) is 0.364. The zero-order valence-electron chi connectivity index (χ0n) is 17.6. The summed E-state index contributed by atoms with van der Waals surface area (Å²) < 4.78 is 32.3. The molecule has 0 aliphatic carbocycles. The molecule has 0 saturated carbocycles. The Labute approximate surface area is 182 Å². The summed E-state index contributed by atoms with van der Waals surface area (Å²) in [6.45, 7) is 3.55. The molecule has 0 aromatic heterocycles. The van der Waals surface area contributed by atoms with E-state index in [1.807, 2.05) is 31.2 Å². The van der Waals surface area contributed by atoms with Gasteiger partial charge in [-0.2, -0.15) is 4.31 Å². The average molecular weight is 444 g/mol. The second kappa shape index (κ2) is 8.32. The minimum atomic E-state index is -3.59. The zero-order chi connectivity index (χ0) is 22.2. The van der Waals surface area contributed by atoms with Crippen LogP contribution in [-0.4, -0.2) is 75.0 Å². The molecule has 2 aromatic rings. The van der Waals surface area contributed by atoms with Gasteiger partial charge in [0.2, 0.25) is 10.0 Å². The van der Waals surface area contributed by atoms with Gasteiger partial charge in [0.05, 0.1) is 24.0 Å².